The number of amides is 2. The summed E-state index contributed by atoms with van der Waals surface area (Å²) in [5.74, 6) is -1.11. The minimum atomic E-state index is -1.92. The number of hydrogen-bond donors (Lipinski definition) is 2. The highest BCUT2D eigenvalue weighted by atomic mass is 35.5. The van der Waals surface area contributed by atoms with Crippen molar-refractivity contribution < 1.29 is 14.4 Å². The van der Waals surface area contributed by atoms with Crippen LogP contribution in [0.1, 0.15) is 44.9 Å². The highest BCUT2D eigenvalue weighted by Gasteiger charge is 2.44. The zero-order valence-corrected chi connectivity index (χ0v) is 27.9. The summed E-state index contributed by atoms with van der Waals surface area (Å²) in [6.07, 6.45) is 5.46. The summed E-state index contributed by atoms with van der Waals surface area (Å²) < 4.78 is 0. The molecule has 0 heterocycles. The first-order chi connectivity index (χ1) is 20.8. The van der Waals surface area contributed by atoms with E-state index in [1.165, 1.54) is 15.9 Å². The van der Waals surface area contributed by atoms with Gasteiger partial charge in [0, 0.05) is 13.0 Å². The van der Waals surface area contributed by atoms with E-state index in [9.17, 15) is 14.4 Å². The van der Waals surface area contributed by atoms with Gasteiger partial charge in [0.2, 0.25) is 0 Å². The van der Waals surface area contributed by atoms with Crippen molar-refractivity contribution in [1.29, 1.82) is 0 Å². The molecular formula is C33H38Cl4N2O3P+. The lowest BCUT2D eigenvalue weighted by Gasteiger charge is -2.27. The lowest BCUT2D eigenvalue weighted by molar-refractivity contribution is -0.127. The Morgan fingerprint density at radius 1 is 0.605 bits per heavy atom. The number of nitrogens with one attached hydrogen (secondary N) is 2. The Kier molecular flexibility index (Phi) is 15.3. The molecule has 3 rings (SSSR count). The molecule has 0 bridgehead atoms. The molecule has 0 saturated carbocycles. The molecule has 0 aliphatic rings. The van der Waals surface area contributed by atoms with Gasteiger partial charge < -0.3 is 10.6 Å². The van der Waals surface area contributed by atoms with E-state index in [0.29, 0.717) is 38.6 Å². The molecule has 0 aliphatic heterocycles. The second-order valence-electron chi connectivity index (χ2n) is 10.3. The monoisotopic (exact) mass is 681 g/mol. The third kappa shape index (κ3) is 10.8. The van der Waals surface area contributed by atoms with E-state index >= 15 is 0 Å². The molecule has 10 heteroatoms. The molecule has 0 saturated heterocycles. The van der Waals surface area contributed by atoms with Crippen LogP contribution in [0, 0.1) is 0 Å². The number of Topliss-reactive ketones (excluding diaryl/α,β-unsaturated/α-hetero) is 1. The molecule has 1 atom stereocenters. The van der Waals surface area contributed by atoms with Gasteiger partial charge in [-0.15, -0.1) is 0 Å². The van der Waals surface area contributed by atoms with Crippen LogP contribution in [0.5, 0.6) is 0 Å². The number of ketones is 1. The van der Waals surface area contributed by atoms with Gasteiger partial charge in [0.05, 0.1) is 12.2 Å². The van der Waals surface area contributed by atoms with Crippen molar-refractivity contribution in [3.8, 4) is 0 Å². The Balaban J connectivity index is 1.64. The zero-order chi connectivity index (χ0) is 31.1. The van der Waals surface area contributed by atoms with E-state index in [1.807, 2.05) is 0 Å². The molecule has 3 aromatic carbocycles. The van der Waals surface area contributed by atoms with Gasteiger partial charge in [0.15, 0.2) is 15.5 Å². The van der Waals surface area contributed by atoms with Gasteiger partial charge in [-0.3, -0.25) is 14.4 Å². The van der Waals surface area contributed by atoms with Gasteiger partial charge in [-0.1, -0.05) is 101 Å². The van der Waals surface area contributed by atoms with E-state index in [-0.39, 0.29) is 5.78 Å². The van der Waals surface area contributed by atoms with Crippen LogP contribution < -0.4 is 26.5 Å². The number of hydrogen-bond acceptors (Lipinski definition) is 3. The molecule has 0 fully saturated rings. The highest BCUT2D eigenvalue weighted by Crippen LogP contribution is 2.56. The van der Waals surface area contributed by atoms with Crippen LogP contribution >= 0.6 is 53.7 Å². The number of rotatable bonds is 18. The molecule has 2 amide bonds. The normalized spacial score (nSPS) is 12.2. The SMILES string of the molecule is O=C(NCCCCC(NC(=O)C(Cl)Cl)C(=O)CCCCC[P+](c1ccccc1)(c1ccccc1)c1ccccc1)C(Cl)Cl. The Hall–Kier alpha value is -2.14. The van der Waals surface area contributed by atoms with Crippen molar-refractivity contribution in [2.24, 2.45) is 0 Å². The number of benzene rings is 3. The molecule has 0 aromatic heterocycles. The molecule has 0 aliphatic carbocycles. The fraction of sp³-hybridized carbons (Fsp3) is 0.364. The summed E-state index contributed by atoms with van der Waals surface area (Å²) in [5, 5.41) is 9.33. The molecule has 5 nitrogen and oxygen atoms in total. The Bertz CT molecular complexity index is 1180. The standard InChI is InChI=1S/C33H37Cl4N2O3P/c34-30(35)32(41)38-23-13-12-21-28(39-33(42)31(36)37)29(40)22-11-4-14-24-43(25-15-5-1-6-16-25,26-17-7-2-8-18-26)27-19-9-3-10-20-27/h1-3,5-10,15-20,28,30-31H,4,11-14,21-24H2,(H-,38,39,41,42)/p+1. The van der Waals surface area contributed by atoms with Crippen molar-refractivity contribution >= 4 is 87.2 Å². The van der Waals surface area contributed by atoms with Gasteiger partial charge in [0.1, 0.15) is 23.2 Å². The lowest BCUT2D eigenvalue weighted by atomic mass is 10.0. The Morgan fingerprint density at radius 3 is 1.56 bits per heavy atom. The molecule has 43 heavy (non-hydrogen) atoms. The highest BCUT2D eigenvalue weighted by molar-refractivity contribution is 7.95. The number of unbranched alkanes of at least 4 members (excludes halogenated alkanes) is 3. The molecule has 2 N–H and O–H groups in total. The number of alkyl halides is 4. The molecule has 0 radical (unpaired) electrons. The average Bonchev–Trinajstić information content (AvgIpc) is 3.03. The Labute approximate surface area is 275 Å². The molecule has 3 aromatic rings. The van der Waals surface area contributed by atoms with Crippen LogP contribution in [0.4, 0.5) is 0 Å². The van der Waals surface area contributed by atoms with Crippen LogP contribution in [0.25, 0.3) is 0 Å². The third-order valence-corrected chi connectivity index (χ3v) is 12.6. The van der Waals surface area contributed by atoms with Crippen LogP contribution in [-0.4, -0.2) is 46.0 Å². The van der Waals surface area contributed by atoms with Crippen molar-refractivity contribution in [3.63, 3.8) is 0 Å². The summed E-state index contributed by atoms with van der Waals surface area (Å²) in [6, 6.07) is 31.5. The summed E-state index contributed by atoms with van der Waals surface area (Å²) in [5.41, 5.74) is 0. The van der Waals surface area contributed by atoms with E-state index in [4.69, 9.17) is 46.4 Å². The van der Waals surface area contributed by atoms with Gasteiger partial charge in [-0.05, 0) is 74.9 Å². The van der Waals surface area contributed by atoms with Crippen LogP contribution in [0.3, 0.4) is 0 Å². The van der Waals surface area contributed by atoms with Crippen LogP contribution in [0.2, 0.25) is 0 Å². The average molecular weight is 683 g/mol. The fourth-order valence-electron chi connectivity index (χ4n) is 5.19. The molecule has 230 valence electrons. The lowest BCUT2D eigenvalue weighted by Crippen LogP contribution is -2.43. The van der Waals surface area contributed by atoms with Crippen molar-refractivity contribution in [3.05, 3.63) is 91.0 Å². The Morgan fingerprint density at radius 2 is 1.09 bits per heavy atom. The van der Waals surface area contributed by atoms with Gasteiger partial charge in [0.25, 0.3) is 11.8 Å². The summed E-state index contributed by atoms with van der Waals surface area (Å²) in [7, 11) is -1.92. The van der Waals surface area contributed by atoms with E-state index in [0.717, 1.165) is 19.0 Å². The van der Waals surface area contributed by atoms with Crippen molar-refractivity contribution in [2.75, 3.05) is 12.7 Å². The van der Waals surface area contributed by atoms with Gasteiger partial charge in [-0.2, -0.15) is 0 Å². The number of carbonyl (C=O) groups is 3. The minimum absolute atomic E-state index is 0.0526. The van der Waals surface area contributed by atoms with Crippen LogP contribution in [0.15, 0.2) is 91.0 Å². The minimum Gasteiger partial charge on any atom is -0.354 e. The first-order valence-corrected chi connectivity index (χ1v) is 18.2. The first-order valence-electron chi connectivity index (χ1n) is 14.5. The summed E-state index contributed by atoms with van der Waals surface area (Å²) in [6.45, 7) is 0.367. The predicted octanol–water partition coefficient (Wildman–Crippen LogP) is 6.49. The fourth-order valence-corrected chi connectivity index (χ4v) is 9.88. The topological polar surface area (TPSA) is 75.3 Å². The van der Waals surface area contributed by atoms with E-state index in [1.54, 1.807) is 0 Å². The van der Waals surface area contributed by atoms with Gasteiger partial charge in [-0.25, -0.2) is 0 Å². The number of halogens is 4. The maximum absolute atomic E-state index is 13.2. The summed E-state index contributed by atoms with van der Waals surface area (Å²) >= 11 is 22.6. The van der Waals surface area contributed by atoms with Crippen LogP contribution in [-0.2, 0) is 14.4 Å². The van der Waals surface area contributed by atoms with Crippen molar-refractivity contribution in [2.45, 2.75) is 60.7 Å². The summed E-state index contributed by atoms with van der Waals surface area (Å²) in [4.78, 5) is 34.5. The molecular weight excluding hydrogens is 645 g/mol. The smallest absolute Gasteiger partial charge is 0.253 e. The predicted molar refractivity (Wildman–Crippen MR) is 183 cm³/mol. The van der Waals surface area contributed by atoms with E-state index < -0.39 is 34.8 Å². The van der Waals surface area contributed by atoms with Crippen molar-refractivity contribution in [1.82, 2.24) is 10.6 Å². The maximum Gasteiger partial charge on any atom is 0.253 e. The molecule has 0 spiro atoms. The zero-order valence-electron chi connectivity index (χ0n) is 23.9. The van der Waals surface area contributed by atoms with Gasteiger partial charge >= 0.3 is 0 Å². The largest absolute Gasteiger partial charge is 0.354 e. The third-order valence-electron chi connectivity index (χ3n) is 7.33. The molecule has 1 unspecified atom stereocenters. The maximum atomic E-state index is 13.2. The first kappa shape index (κ1) is 35.3. The van der Waals surface area contributed by atoms with E-state index in [2.05, 4.69) is 102 Å². The quantitative estimate of drug-likeness (QED) is 0.0916. The second-order valence-corrected chi connectivity index (χ2v) is 16.1. The second kappa shape index (κ2) is 18.6. The number of carbonyl (C=O) groups excluding carboxylic acids is 3.